The minimum Gasteiger partial charge on any atom is -0.480 e. The van der Waals surface area contributed by atoms with E-state index in [1.54, 1.807) is 0 Å². The van der Waals surface area contributed by atoms with Gasteiger partial charge in [0.1, 0.15) is 6.04 Å². The fraction of sp³-hybridized carbons (Fsp3) is 0.579. The molecule has 3 rings (SSSR count). The van der Waals surface area contributed by atoms with E-state index < -0.39 is 12.0 Å². The molecule has 2 saturated heterocycles. The third-order valence-electron chi connectivity index (χ3n) is 5.32. The van der Waals surface area contributed by atoms with Crippen molar-refractivity contribution in [1.29, 1.82) is 0 Å². The molecule has 0 radical (unpaired) electrons. The van der Waals surface area contributed by atoms with Crippen molar-refractivity contribution in [2.24, 2.45) is 0 Å². The van der Waals surface area contributed by atoms with Crippen LogP contribution in [0.15, 0.2) is 24.3 Å². The second-order valence-corrected chi connectivity index (χ2v) is 7.16. The highest BCUT2D eigenvalue weighted by atomic mass is 16.4. The molecule has 6 heteroatoms. The second kappa shape index (κ2) is 7.44. The number of benzene rings is 1. The van der Waals surface area contributed by atoms with Crippen LogP contribution in [0.25, 0.3) is 0 Å². The van der Waals surface area contributed by atoms with Gasteiger partial charge in [0.15, 0.2) is 0 Å². The van der Waals surface area contributed by atoms with Crippen molar-refractivity contribution in [3.05, 3.63) is 29.8 Å². The quantitative estimate of drug-likeness (QED) is 0.903. The molecule has 1 atom stereocenters. The van der Waals surface area contributed by atoms with Crippen molar-refractivity contribution >= 4 is 17.6 Å². The van der Waals surface area contributed by atoms with E-state index in [1.165, 1.54) is 4.90 Å². The highest BCUT2D eigenvalue weighted by molar-refractivity contribution is 5.97. The third-order valence-corrected chi connectivity index (χ3v) is 5.32. The molecular formula is C19H27N3O3. The van der Waals surface area contributed by atoms with Gasteiger partial charge in [0.25, 0.3) is 5.91 Å². The highest BCUT2D eigenvalue weighted by Crippen LogP contribution is 2.23. The number of carboxylic acid groups (broad SMARTS) is 1. The van der Waals surface area contributed by atoms with Gasteiger partial charge in [-0.2, -0.15) is 0 Å². The van der Waals surface area contributed by atoms with E-state index in [-0.39, 0.29) is 5.91 Å². The molecule has 2 fully saturated rings. The Labute approximate surface area is 149 Å². The van der Waals surface area contributed by atoms with Crippen LogP contribution < -0.4 is 4.90 Å². The minimum atomic E-state index is -0.912. The van der Waals surface area contributed by atoms with Gasteiger partial charge in [0, 0.05) is 50.0 Å². The predicted molar refractivity (Wildman–Crippen MR) is 97.1 cm³/mol. The van der Waals surface area contributed by atoms with Crippen LogP contribution >= 0.6 is 0 Å². The zero-order valence-electron chi connectivity index (χ0n) is 15.0. The lowest BCUT2D eigenvalue weighted by Gasteiger charge is -2.38. The van der Waals surface area contributed by atoms with Crippen LogP contribution in [-0.4, -0.2) is 71.6 Å². The second-order valence-electron chi connectivity index (χ2n) is 7.16. The summed E-state index contributed by atoms with van der Waals surface area (Å²) in [6.07, 6.45) is 1.29. The van der Waals surface area contributed by atoms with Gasteiger partial charge in [0.2, 0.25) is 0 Å². The SMILES string of the molecule is CC(C)N1CCN(c2ccc(C(=O)N3CCC[C@H]3C(=O)O)cc2)CC1. The summed E-state index contributed by atoms with van der Waals surface area (Å²) >= 11 is 0. The number of rotatable bonds is 4. The van der Waals surface area contributed by atoms with Crippen LogP contribution in [0.2, 0.25) is 0 Å². The standard InChI is InChI=1S/C19H27N3O3/c1-14(2)20-10-12-21(13-11-20)16-7-5-15(6-8-16)18(23)22-9-3-4-17(22)19(24)25/h5-8,14,17H,3-4,9-13H2,1-2H3,(H,24,25)/t17-/m0/s1. The van der Waals surface area contributed by atoms with Gasteiger partial charge in [-0.15, -0.1) is 0 Å². The van der Waals surface area contributed by atoms with E-state index in [9.17, 15) is 14.7 Å². The number of carboxylic acids is 1. The Kier molecular flexibility index (Phi) is 5.27. The fourth-order valence-corrected chi connectivity index (χ4v) is 3.74. The van der Waals surface area contributed by atoms with Crippen molar-refractivity contribution in [3.63, 3.8) is 0 Å². The zero-order chi connectivity index (χ0) is 18.0. The van der Waals surface area contributed by atoms with Crippen molar-refractivity contribution < 1.29 is 14.7 Å². The summed E-state index contributed by atoms with van der Waals surface area (Å²) < 4.78 is 0. The topological polar surface area (TPSA) is 64.1 Å². The lowest BCUT2D eigenvalue weighted by atomic mass is 10.1. The summed E-state index contributed by atoms with van der Waals surface area (Å²) in [6, 6.07) is 7.49. The number of amides is 1. The Morgan fingerprint density at radius 2 is 1.68 bits per heavy atom. The number of piperazine rings is 1. The van der Waals surface area contributed by atoms with Gasteiger partial charge in [-0.1, -0.05) is 0 Å². The van der Waals surface area contributed by atoms with Crippen LogP contribution in [0.4, 0.5) is 5.69 Å². The molecule has 0 spiro atoms. The van der Waals surface area contributed by atoms with Gasteiger partial charge in [0.05, 0.1) is 0 Å². The van der Waals surface area contributed by atoms with Crippen LogP contribution in [0.3, 0.4) is 0 Å². The van der Waals surface area contributed by atoms with Gasteiger partial charge >= 0.3 is 5.97 Å². The van der Waals surface area contributed by atoms with E-state index >= 15 is 0 Å². The van der Waals surface area contributed by atoms with E-state index in [2.05, 4.69) is 23.6 Å². The number of nitrogens with zero attached hydrogens (tertiary/aromatic N) is 3. The average molecular weight is 345 g/mol. The number of carbonyl (C=O) groups is 2. The van der Waals surface area contributed by atoms with Crippen molar-refractivity contribution in [1.82, 2.24) is 9.80 Å². The fourth-order valence-electron chi connectivity index (χ4n) is 3.74. The number of hydrogen-bond acceptors (Lipinski definition) is 4. The summed E-state index contributed by atoms with van der Waals surface area (Å²) in [5.41, 5.74) is 1.69. The monoisotopic (exact) mass is 345 g/mol. The number of anilines is 1. The smallest absolute Gasteiger partial charge is 0.326 e. The summed E-state index contributed by atoms with van der Waals surface area (Å²) in [4.78, 5) is 30.2. The van der Waals surface area contributed by atoms with Gasteiger partial charge < -0.3 is 14.9 Å². The number of carbonyl (C=O) groups excluding carboxylic acids is 1. The van der Waals surface area contributed by atoms with Crippen molar-refractivity contribution in [3.8, 4) is 0 Å². The molecule has 0 aliphatic carbocycles. The van der Waals surface area contributed by atoms with E-state index in [0.29, 0.717) is 24.6 Å². The molecule has 0 saturated carbocycles. The maximum absolute atomic E-state index is 12.6. The number of aliphatic carboxylic acids is 1. The van der Waals surface area contributed by atoms with Crippen molar-refractivity contribution in [2.75, 3.05) is 37.6 Å². The first-order valence-electron chi connectivity index (χ1n) is 9.10. The Morgan fingerprint density at radius 3 is 2.24 bits per heavy atom. The molecule has 6 nitrogen and oxygen atoms in total. The van der Waals surface area contributed by atoms with Gasteiger partial charge in [-0.05, 0) is 51.0 Å². The first kappa shape index (κ1) is 17.7. The molecule has 1 N–H and O–H groups in total. The lowest BCUT2D eigenvalue weighted by Crippen LogP contribution is -2.48. The van der Waals surface area contributed by atoms with Crippen LogP contribution in [0.5, 0.6) is 0 Å². The normalized spacial score (nSPS) is 21.8. The summed E-state index contributed by atoms with van der Waals surface area (Å²) in [6.45, 7) is 9.03. The molecule has 1 amide bonds. The number of hydrogen-bond donors (Lipinski definition) is 1. The molecule has 136 valence electrons. The maximum atomic E-state index is 12.6. The first-order chi connectivity index (χ1) is 12.0. The van der Waals surface area contributed by atoms with Crippen molar-refractivity contribution in [2.45, 2.75) is 38.8 Å². The first-order valence-corrected chi connectivity index (χ1v) is 9.10. The maximum Gasteiger partial charge on any atom is 0.326 e. The van der Waals surface area contributed by atoms with Crippen LogP contribution in [0.1, 0.15) is 37.0 Å². The predicted octanol–water partition coefficient (Wildman–Crippen LogP) is 1.91. The molecule has 0 unspecified atom stereocenters. The van der Waals surface area contributed by atoms with E-state index in [4.69, 9.17) is 0 Å². The molecule has 0 bridgehead atoms. The Balaban J connectivity index is 1.64. The summed E-state index contributed by atoms with van der Waals surface area (Å²) in [5, 5.41) is 9.25. The molecule has 1 aromatic carbocycles. The molecule has 1 aromatic rings. The van der Waals surface area contributed by atoms with Gasteiger partial charge in [-0.25, -0.2) is 4.79 Å². The van der Waals surface area contributed by atoms with Crippen LogP contribution in [-0.2, 0) is 4.79 Å². The molecule has 25 heavy (non-hydrogen) atoms. The largest absolute Gasteiger partial charge is 0.480 e. The zero-order valence-corrected chi connectivity index (χ0v) is 15.0. The molecule has 0 aromatic heterocycles. The van der Waals surface area contributed by atoms with Gasteiger partial charge in [-0.3, -0.25) is 9.69 Å². The summed E-state index contributed by atoms with van der Waals surface area (Å²) in [7, 11) is 0. The average Bonchev–Trinajstić information content (AvgIpc) is 3.11. The highest BCUT2D eigenvalue weighted by Gasteiger charge is 2.34. The van der Waals surface area contributed by atoms with E-state index in [1.807, 2.05) is 24.3 Å². The molecule has 2 aliphatic heterocycles. The molecular weight excluding hydrogens is 318 g/mol. The minimum absolute atomic E-state index is 0.180. The molecule has 2 aliphatic rings. The Morgan fingerprint density at radius 1 is 1.04 bits per heavy atom. The Hall–Kier alpha value is -2.08. The van der Waals surface area contributed by atoms with Crippen LogP contribution in [0, 0.1) is 0 Å². The molecule has 2 heterocycles. The lowest BCUT2D eigenvalue weighted by molar-refractivity contribution is -0.141. The summed E-state index contributed by atoms with van der Waals surface area (Å²) in [5.74, 6) is -1.09. The Bertz CT molecular complexity index is 621. The van der Waals surface area contributed by atoms with E-state index in [0.717, 1.165) is 38.3 Å². The number of likely N-dealkylation sites (tertiary alicyclic amines) is 1. The third kappa shape index (κ3) is 3.79.